The van der Waals surface area contributed by atoms with Gasteiger partial charge in [-0.3, -0.25) is 4.79 Å². The largest absolute Gasteiger partial charge is 0.338 e. The first-order valence-corrected chi connectivity index (χ1v) is 7.75. The first-order chi connectivity index (χ1) is 9.95. The minimum Gasteiger partial charge on any atom is -0.338 e. The van der Waals surface area contributed by atoms with E-state index in [0.717, 1.165) is 17.7 Å². The van der Waals surface area contributed by atoms with Gasteiger partial charge in [-0.1, -0.05) is 29.8 Å². The zero-order valence-corrected chi connectivity index (χ0v) is 12.1. The Morgan fingerprint density at radius 1 is 1.05 bits per heavy atom. The van der Waals surface area contributed by atoms with E-state index in [1.807, 2.05) is 6.92 Å². The molecule has 0 saturated carbocycles. The molecule has 0 fully saturated rings. The zero-order valence-electron chi connectivity index (χ0n) is 11.3. The van der Waals surface area contributed by atoms with Gasteiger partial charge in [0.05, 0.1) is 4.90 Å². The van der Waals surface area contributed by atoms with Crippen molar-refractivity contribution in [1.82, 2.24) is 5.32 Å². The lowest BCUT2D eigenvalue weighted by Gasteiger charge is -2.17. The number of carbonyl (C=O) groups excluding carboxylic acids is 1. The van der Waals surface area contributed by atoms with Gasteiger partial charge < -0.3 is 5.32 Å². The Labute approximate surface area is 122 Å². The normalized spacial score (nSPS) is 12.7. The Morgan fingerprint density at radius 3 is 2.14 bits per heavy atom. The third kappa shape index (κ3) is 3.28. The average molecular weight is 307 g/mol. The quantitative estimate of drug-likeness (QED) is 0.863. The van der Waals surface area contributed by atoms with Crippen LogP contribution in [0.1, 0.15) is 16.5 Å². The SMILES string of the molecule is Cc1ccc(S(=O)(=O)[C@@H](NC=O)c2ccc(F)cc2)cc1. The van der Waals surface area contributed by atoms with E-state index in [9.17, 15) is 17.6 Å². The zero-order chi connectivity index (χ0) is 15.5. The van der Waals surface area contributed by atoms with E-state index < -0.39 is 21.0 Å². The van der Waals surface area contributed by atoms with Crippen LogP contribution in [-0.2, 0) is 14.6 Å². The summed E-state index contributed by atoms with van der Waals surface area (Å²) in [6.45, 7) is 1.84. The highest BCUT2D eigenvalue weighted by molar-refractivity contribution is 7.91. The van der Waals surface area contributed by atoms with Crippen LogP contribution in [0.15, 0.2) is 53.4 Å². The third-order valence-electron chi connectivity index (χ3n) is 3.05. The van der Waals surface area contributed by atoms with Crippen LogP contribution >= 0.6 is 0 Å². The minimum absolute atomic E-state index is 0.0942. The molecule has 110 valence electrons. The topological polar surface area (TPSA) is 63.2 Å². The number of aryl methyl sites for hydroxylation is 1. The van der Waals surface area contributed by atoms with Gasteiger partial charge in [0.1, 0.15) is 5.82 Å². The predicted molar refractivity (Wildman–Crippen MR) is 76.7 cm³/mol. The highest BCUT2D eigenvalue weighted by Crippen LogP contribution is 2.26. The van der Waals surface area contributed by atoms with Crippen molar-refractivity contribution in [3.8, 4) is 0 Å². The van der Waals surface area contributed by atoms with Crippen molar-refractivity contribution in [2.75, 3.05) is 0 Å². The molecule has 6 heteroatoms. The fourth-order valence-corrected chi connectivity index (χ4v) is 3.47. The first-order valence-electron chi connectivity index (χ1n) is 6.21. The maximum atomic E-state index is 13.0. The number of amides is 1. The van der Waals surface area contributed by atoms with Crippen molar-refractivity contribution in [3.63, 3.8) is 0 Å². The highest BCUT2D eigenvalue weighted by Gasteiger charge is 2.28. The van der Waals surface area contributed by atoms with Crippen LogP contribution in [0.25, 0.3) is 0 Å². The summed E-state index contributed by atoms with van der Waals surface area (Å²) >= 11 is 0. The second kappa shape index (κ2) is 6.05. The Hall–Kier alpha value is -2.21. The molecule has 0 saturated heterocycles. The predicted octanol–water partition coefficient (Wildman–Crippen LogP) is 2.35. The lowest BCUT2D eigenvalue weighted by Crippen LogP contribution is -2.28. The van der Waals surface area contributed by atoms with Crippen LogP contribution in [0.5, 0.6) is 0 Å². The molecule has 0 aromatic heterocycles. The first kappa shape index (κ1) is 15.2. The molecule has 0 aliphatic rings. The Morgan fingerprint density at radius 2 is 1.62 bits per heavy atom. The van der Waals surface area contributed by atoms with Crippen molar-refractivity contribution >= 4 is 16.2 Å². The molecule has 1 atom stereocenters. The van der Waals surface area contributed by atoms with Crippen molar-refractivity contribution in [2.45, 2.75) is 17.2 Å². The van der Waals surface area contributed by atoms with E-state index in [1.54, 1.807) is 12.1 Å². The second-order valence-corrected chi connectivity index (χ2v) is 6.61. The smallest absolute Gasteiger partial charge is 0.208 e. The Balaban J connectivity index is 2.47. The lowest BCUT2D eigenvalue weighted by molar-refractivity contribution is -0.109. The molecule has 0 aliphatic heterocycles. The summed E-state index contributed by atoms with van der Waals surface area (Å²) in [5, 5.41) is 1.03. The Bertz CT molecular complexity index is 725. The van der Waals surface area contributed by atoms with Gasteiger partial charge in [-0.05, 0) is 36.8 Å². The van der Waals surface area contributed by atoms with Crippen molar-refractivity contribution in [1.29, 1.82) is 0 Å². The fraction of sp³-hybridized carbons (Fsp3) is 0.133. The molecule has 4 nitrogen and oxygen atoms in total. The number of carbonyl (C=O) groups is 1. The van der Waals surface area contributed by atoms with Gasteiger partial charge >= 0.3 is 0 Å². The summed E-state index contributed by atoms with van der Waals surface area (Å²) < 4.78 is 38.2. The van der Waals surface area contributed by atoms with E-state index in [1.165, 1.54) is 24.3 Å². The van der Waals surface area contributed by atoms with Gasteiger partial charge in [-0.25, -0.2) is 12.8 Å². The van der Waals surface area contributed by atoms with E-state index >= 15 is 0 Å². The molecule has 0 heterocycles. The molecule has 0 spiro atoms. The van der Waals surface area contributed by atoms with Crippen molar-refractivity contribution in [2.24, 2.45) is 0 Å². The summed E-state index contributed by atoms with van der Waals surface area (Å²) in [5.41, 5.74) is 1.22. The number of rotatable bonds is 5. The molecule has 2 aromatic carbocycles. The standard InChI is InChI=1S/C15H14FNO3S/c1-11-2-8-14(9-3-11)21(19,20)15(17-10-18)12-4-6-13(16)7-5-12/h2-10,15H,1H3,(H,17,18)/t15-/m1/s1. The van der Waals surface area contributed by atoms with Crippen molar-refractivity contribution in [3.05, 3.63) is 65.5 Å². The van der Waals surface area contributed by atoms with Crippen LogP contribution in [0, 0.1) is 12.7 Å². The van der Waals surface area contributed by atoms with E-state index in [2.05, 4.69) is 5.32 Å². The Kier molecular flexibility index (Phi) is 4.37. The number of nitrogens with one attached hydrogen (secondary N) is 1. The molecule has 0 unspecified atom stereocenters. The van der Waals surface area contributed by atoms with Crippen LogP contribution in [0.2, 0.25) is 0 Å². The molecule has 0 radical (unpaired) electrons. The number of halogens is 1. The molecule has 1 amide bonds. The fourth-order valence-electron chi connectivity index (χ4n) is 1.93. The number of sulfone groups is 1. The third-order valence-corrected chi connectivity index (χ3v) is 5.01. The van der Waals surface area contributed by atoms with Gasteiger partial charge in [-0.2, -0.15) is 0 Å². The van der Waals surface area contributed by atoms with Gasteiger partial charge in [0.25, 0.3) is 0 Å². The second-order valence-electron chi connectivity index (χ2n) is 4.57. The van der Waals surface area contributed by atoms with Gasteiger partial charge in [0.15, 0.2) is 5.37 Å². The summed E-state index contributed by atoms with van der Waals surface area (Å²) in [6, 6.07) is 11.3. The molecule has 21 heavy (non-hydrogen) atoms. The molecule has 0 bridgehead atoms. The summed E-state index contributed by atoms with van der Waals surface area (Å²) in [6.07, 6.45) is 0.319. The maximum absolute atomic E-state index is 13.0. The summed E-state index contributed by atoms with van der Waals surface area (Å²) in [5.74, 6) is -0.476. The average Bonchev–Trinajstić information content (AvgIpc) is 2.46. The molecule has 1 N–H and O–H groups in total. The van der Waals surface area contributed by atoms with Crippen LogP contribution in [-0.4, -0.2) is 14.8 Å². The molecular weight excluding hydrogens is 293 g/mol. The van der Waals surface area contributed by atoms with E-state index in [0.29, 0.717) is 12.0 Å². The maximum Gasteiger partial charge on any atom is 0.208 e. The number of hydrogen-bond donors (Lipinski definition) is 1. The summed E-state index contributed by atoms with van der Waals surface area (Å²) in [4.78, 5) is 10.8. The van der Waals surface area contributed by atoms with Gasteiger partial charge in [0.2, 0.25) is 16.2 Å². The van der Waals surface area contributed by atoms with Crippen LogP contribution < -0.4 is 5.32 Å². The van der Waals surface area contributed by atoms with Crippen molar-refractivity contribution < 1.29 is 17.6 Å². The van der Waals surface area contributed by atoms with Crippen LogP contribution in [0.3, 0.4) is 0 Å². The molecular formula is C15H14FNO3S. The molecule has 2 rings (SSSR count). The minimum atomic E-state index is -3.81. The number of hydrogen-bond acceptors (Lipinski definition) is 3. The molecule has 0 aliphatic carbocycles. The number of benzene rings is 2. The van der Waals surface area contributed by atoms with E-state index in [4.69, 9.17) is 0 Å². The highest BCUT2D eigenvalue weighted by atomic mass is 32.2. The van der Waals surface area contributed by atoms with Crippen LogP contribution in [0.4, 0.5) is 4.39 Å². The summed E-state index contributed by atoms with van der Waals surface area (Å²) in [7, 11) is -3.81. The van der Waals surface area contributed by atoms with Gasteiger partial charge in [-0.15, -0.1) is 0 Å². The van der Waals surface area contributed by atoms with E-state index in [-0.39, 0.29) is 4.90 Å². The van der Waals surface area contributed by atoms with Gasteiger partial charge in [0, 0.05) is 0 Å². The monoisotopic (exact) mass is 307 g/mol. The molecule has 2 aromatic rings. The lowest BCUT2D eigenvalue weighted by atomic mass is 10.2.